The Morgan fingerprint density at radius 2 is 2.14 bits per heavy atom. The van der Waals surface area contributed by atoms with E-state index in [1.54, 1.807) is 18.2 Å². The highest BCUT2D eigenvalue weighted by atomic mass is 35.5. The average Bonchev–Trinajstić information content (AvgIpc) is 2.95. The molecule has 1 aromatic carbocycles. The Morgan fingerprint density at radius 1 is 1.38 bits per heavy atom. The Kier molecular flexibility index (Phi) is 6.14. The van der Waals surface area contributed by atoms with Crippen LogP contribution in [0.1, 0.15) is 32.1 Å². The predicted octanol–water partition coefficient (Wildman–Crippen LogP) is 3.17. The van der Waals surface area contributed by atoms with Gasteiger partial charge in [-0.2, -0.15) is 0 Å². The minimum atomic E-state index is -0.316. The van der Waals surface area contributed by atoms with Crippen LogP contribution in [0.5, 0.6) is 5.75 Å². The summed E-state index contributed by atoms with van der Waals surface area (Å²) in [6.45, 7) is 0.484. The van der Waals surface area contributed by atoms with Crippen LogP contribution >= 0.6 is 11.6 Å². The number of amides is 2. The molecule has 21 heavy (non-hydrogen) atoms. The highest BCUT2D eigenvalue weighted by Gasteiger charge is 2.17. The van der Waals surface area contributed by atoms with E-state index < -0.39 is 0 Å². The monoisotopic (exact) mass is 312 g/mol. The molecule has 1 fully saturated rings. The Morgan fingerprint density at radius 3 is 2.81 bits per heavy atom. The van der Waals surface area contributed by atoms with Crippen LogP contribution < -0.4 is 15.4 Å². The van der Waals surface area contributed by atoms with Crippen molar-refractivity contribution in [1.29, 1.82) is 0 Å². The SMILES string of the molecule is O=C(NCCCO)Nc1ccc(OC2CCCC2)c(Cl)c1. The number of benzene rings is 1. The minimum Gasteiger partial charge on any atom is -0.489 e. The van der Waals surface area contributed by atoms with Gasteiger partial charge in [-0.05, 0) is 50.3 Å². The smallest absolute Gasteiger partial charge is 0.319 e. The second-order valence-electron chi connectivity index (χ2n) is 5.13. The van der Waals surface area contributed by atoms with Crippen LogP contribution in [0, 0.1) is 0 Å². The lowest BCUT2D eigenvalue weighted by Gasteiger charge is -2.15. The summed E-state index contributed by atoms with van der Waals surface area (Å²) in [5.41, 5.74) is 0.611. The quantitative estimate of drug-likeness (QED) is 0.707. The highest BCUT2D eigenvalue weighted by molar-refractivity contribution is 6.32. The fourth-order valence-electron chi connectivity index (χ4n) is 2.32. The van der Waals surface area contributed by atoms with Gasteiger partial charge in [0.25, 0.3) is 0 Å². The summed E-state index contributed by atoms with van der Waals surface area (Å²) < 4.78 is 5.86. The van der Waals surface area contributed by atoms with Crippen molar-refractivity contribution in [3.63, 3.8) is 0 Å². The van der Waals surface area contributed by atoms with Crippen LogP contribution in [-0.2, 0) is 0 Å². The summed E-state index contributed by atoms with van der Waals surface area (Å²) in [4.78, 5) is 11.6. The van der Waals surface area contributed by atoms with Gasteiger partial charge in [0.2, 0.25) is 0 Å². The molecule has 0 spiro atoms. The van der Waals surface area contributed by atoms with E-state index in [-0.39, 0.29) is 18.7 Å². The van der Waals surface area contributed by atoms with Gasteiger partial charge < -0.3 is 20.5 Å². The molecule has 1 aromatic rings. The molecule has 0 radical (unpaired) electrons. The topological polar surface area (TPSA) is 70.6 Å². The number of ether oxygens (including phenoxy) is 1. The number of urea groups is 1. The molecule has 0 aromatic heterocycles. The maximum atomic E-state index is 11.6. The van der Waals surface area contributed by atoms with Crippen molar-refractivity contribution in [2.75, 3.05) is 18.5 Å². The Labute approximate surface area is 129 Å². The first-order chi connectivity index (χ1) is 10.2. The van der Waals surface area contributed by atoms with Crippen LogP contribution in [0.2, 0.25) is 5.02 Å². The highest BCUT2D eigenvalue weighted by Crippen LogP contribution is 2.31. The molecular formula is C15H21ClN2O3. The number of aliphatic hydroxyl groups is 1. The molecule has 1 saturated carbocycles. The first-order valence-electron chi connectivity index (χ1n) is 7.31. The summed E-state index contributed by atoms with van der Waals surface area (Å²) in [5, 5.41) is 14.5. The zero-order valence-electron chi connectivity index (χ0n) is 11.9. The number of rotatable bonds is 6. The molecule has 2 amide bonds. The standard InChI is InChI=1S/C15H21ClN2O3/c16-13-10-11(18-15(20)17-8-3-9-19)6-7-14(13)21-12-4-1-2-5-12/h6-7,10,12,19H,1-5,8-9H2,(H2,17,18,20). The Bertz CT molecular complexity index is 476. The van der Waals surface area contributed by atoms with Gasteiger partial charge in [0, 0.05) is 18.8 Å². The summed E-state index contributed by atoms with van der Waals surface area (Å²) in [6.07, 6.45) is 5.34. The largest absolute Gasteiger partial charge is 0.489 e. The van der Waals surface area contributed by atoms with Gasteiger partial charge >= 0.3 is 6.03 Å². The van der Waals surface area contributed by atoms with Crippen molar-refractivity contribution < 1.29 is 14.6 Å². The predicted molar refractivity (Wildman–Crippen MR) is 83.1 cm³/mol. The second kappa shape index (κ2) is 8.10. The van der Waals surface area contributed by atoms with Crippen molar-refractivity contribution in [1.82, 2.24) is 5.32 Å². The van der Waals surface area contributed by atoms with E-state index in [1.165, 1.54) is 12.8 Å². The number of nitrogens with one attached hydrogen (secondary N) is 2. The fraction of sp³-hybridized carbons (Fsp3) is 0.533. The van der Waals surface area contributed by atoms with E-state index in [9.17, 15) is 4.79 Å². The van der Waals surface area contributed by atoms with Crippen LogP contribution in [0.25, 0.3) is 0 Å². The van der Waals surface area contributed by atoms with Crippen molar-refractivity contribution in [3.05, 3.63) is 23.2 Å². The number of carbonyl (C=O) groups is 1. The number of carbonyl (C=O) groups excluding carboxylic acids is 1. The maximum Gasteiger partial charge on any atom is 0.319 e. The van der Waals surface area contributed by atoms with Gasteiger partial charge in [0.15, 0.2) is 0 Å². The van der Waals surface area contributed by atoms with Gasteiger partial charge in [-0.3, -0.25) is 0 Å². The van der Waals surface area contributed by atoms with Crippen LogP contribution in [0.3, 0.4) is 0 Å². The Hall–Kier alpha value is -1.46. The summed E-state index contributed by atoms with van der Waals surface area (Å²) in [6, 6.07) is 4.91. The van der Waals surface area contributed by atoms with Crippen molar-refractivity contribution in [2.24, 2.45) is 0 Å². The molecule has 5 nitrogen and oxygen atoms in total. The van der Waals surface area contributed by atoms with Crippen molar-refractivity contribution >= 4 is 23.3 Å². The van der Waals surface area contributed by atoms with Gasteiger partial charge in [0.1, 0.15) is 5.75 Å². The second-order valence-corrected chi connectivity index (χ2v) is 5.53. The van der Waals surface area contributed by atoms with E-state index in [0.29, 0.717) is 29.4 Å². The average molecular weight is 313 g/mol. The number of hydrogen-bond acceptors (Lipinski definition) is 3. The van der Waals surface area contributed by atoms with E-state index in [1.807, 2.05) is 0 Å². The number of halogens is 1. The lowest BCUT2D eigenvalue weighted by Crippen LogP contribution is -2.29. The molecule has 0 aliphatic heterocycles. The van der Waals surface area contributed by atoms with Gasteiger partial charge in [-0.25, -0.2) is 4.79 Å². The molecule has 116 valence electrons. The van der Waals surface area contributed by atoms with Gasteiger partial charge in [-0.15, -0.1) is 0 Å². The summed E-state index contributed by atoms with van der Waals surface area (Å²) in [7, 11) is 0. The summed E-state index contributed by atoms with van der Waals surface area (Å²) in [5.74, 6) is 0.662. The molecule has 0 heterocycles. The third kappa shape index (κ3) is 5.10. The number of anilines is 1. The fourth-order valence-corrected chi connectivity index (χ4v) is 2.54. The molecule has 2 rings (SSSR count). The Balaban J connectivity index is 1.87. The first kappa shape index (κ1) is 15.9. The van der Waals surface area contributed by atoms with Crippen LogP contribution in [-0.4, -0.2) is 30.4 Å². The van der Waals surface area contributed by atoms with Crippen LogP contribution in [0.4, 0.5) is 10.5 Å². The van der Waals surface area contributed by atoms with E-state index in [0.717, 1.165) is 12.8 Å². The lowest BCUT2D eigenvalue weighted by atomic mass is 10.2. The number of hydrogen-bond donors (Lipinski definition) is 3. The third-order valence-corrected chi connectivity index (χ3v) is 3.70. The first-order valence-corrected chi connectivity index (χ1v) is 7.69. The molecule has 1 aliphatic carbocycles. The molecular weight excluding hydrogens is 292 g/mol. The molecule has 6 heteroatoms. The lowest BCUT2D eigenvalue weighted by molar-refractivity contribution is 0.210. The number of aliphatic hydroxyl groups excluding tert-OH is 1. The molecule has 1 aliphatic rings. The molecule has 0 bridgehead atoms. The zero-order valence-corrected chi connectivity index (χ0v) is 12.7. The molecule has 0 saturated heterocycles. The zero-order chi connectivity index (χ0) is 15.1. The van der Waals surface area contributed by atoms with E-state index in [2.05, 4.69) is 10.6 Å². The van der Waals surface area contributed by atoms with E-state index >= 15 is 0 Å². The van der Waals surface area contributed by atoms with Crippen molar-refractivity contribution in [3.8, 4) is 5.75 Å². The minimum absolute atomic E-state index is 0.0549. The molecule has 3 N–H and O–H groups in total. The van der Waals surface area contributed by atoms with Crippen molar-refractivity contribution in [2.45, 2.75) is 38.2 Å². The van der Waals surface area contributed by atoms with E-state index in [4.69, 9.17) is 21.4 Å². The van der Waals surface area contributed by atoms with Gasteiger partial charge in [-0.1, -0.05) is 11.6 Å². The van der Waals surface area contributed by atoms with Gasteiger partial charge in [0.05, 0.1) is 11.1 Å². The normalized spacial score (nSPS) is 15.0. The third-order valence-electron chi connectivity index (χ3n) is 3.41. The molecule has 0 atom stereocenters. The molecule has 0 unspecified atom stereocenters. The van der Waals surface area contributed by atoms with Crippen LogP contribution in [0.15, 0.2) is 18.2 Å². The summed E-state index contributed by atoms with van der Waals surface area (Å²) >= 11 is 6.19. The maximum absolute atomic E-state index is 11.6.